The molecule has 1 heterocycles. The van der Waals surface area contributed by atoms with Crippen LogP contribution in [-0.2, 0) is 27.2 Å². The van der Waals surface area contributed by atoms with Crippen molar-refractivity contribution in [3.63, 3.8) is 0 Å². The van der Waals surface area contributed by atoms with E-state index in [9.17, 15) is 9.59 Å². The fourth-order valence-corrected chi connectivity index (χ4v) is 3.11. The van der Waals surface area contributed by atoms with Crippen LogP contribution in [0.15, 0.2) is 42.5 Å². The number of fused-ring (bicyclic) bond motifs is 1. The number of carbonyl (C=O) groups excluding carboxylic acids is 2. The number of esters is 1. The molecule has 1 unspecified atom stereocenters. The van der Waals surface area contributed by atoms with E-state index < -0.39 is 18.0 Å². The first-order valence-corrected chi connectivity index (χ1v) is 9.33. The van der Waals surface area contributed by atoms with E-state index in [4.69, 9.17) is 24.2 Å². The molecule has 1 amide bonds. The molecule has 1 atom stereocenters. The minimum Gasteiger partial charge on any atom is -0.493 e. The van der Waals surface area contributed by atoms with Gasteiger partial charge in [0.1, 0.15) is 5.75 Å². The van der Waals surface area contributed by atoms with Crippen LogP contribution in [0.1, 0.15) is 16.7 Å². The zero-order valence-electron chi connectivity index (χ0n) is 16.7. The Bertz CT molecular complexity index is 954. The Morgan fingerprint density at radius 2 is 1.97 bits per heavy atom. The normalized spacial score (nSPS) is 13.3. The highest BCUT2D eigenvalue weighted by Crippen LogP contribution is 2.28. The van der Waals surface area contributed by atoms with Crippen molar-refractivity contribution in [3.05, 3.63) is 59.2 Å². The van der Waals surface area contributed by atoms with Crippen LogP contribution < -0.4 is 19.7 Å². The highest BCUT2D eigenvalue weighted by Gasteiger charge is 2.23. The van der Waals surface area contributed by atoms with Crippen LogP contribution in [0.3, 0.4) is 0 Å². The third-order valence-corrected chi connectivity index (χ3v) is 4.66. The van der Waals surface area contributed by atoms with Crippen LogP contribution in [0, 0.1) is 0 Å². The number of carbonyl (C=O) groups is 2. The Labute approximate surface area is 174 Å². The predicted molar refractivity (Wildman–Crippen MR) is 108 cm³/mol. The van der Waals surface area contributed by atoms with Gasteiger partial charge in [-0.25, -0.2) is 10.3 Å². The largest absolute Gasteiger partial charge is 0.493 e. The molecule has 0 saturated carbocycles. The molecule has 0 aromatic heterocycles. The summed E-state index contributed by atoms with van der Waals surface area (Å²) in [6.07, 6.45) is 2.49. The molecule has 1 aliphatic rings. The molecule has 2 aromatic rings. The van der Waals surface area contributed by atoms with Crippen molar-refractivity contribution >= 4 is 18.0 Å². The topological polar surface area (TPSA) is 103 Å². The van der Waals surface area contributed by atoms with Crippen LogP contribution in [-0.4, -0.2) is 44.0 Å². The van der Waals surface area contributed by atoms with Gasteiger partial charge >= 0.3 is 5.97 Å². The molecular formula is C22H23NO7. The van der Waals surface area contributed by atoms with Gasteiger partial charge in [0.15, 0.2) is 17.6 Å². The van der Waals surface area contributed by atoms with Crippen LogP contribution in [0.2, 0.25) is 0 Å². The zero-order valence-corrected chi connectivity index (χ0v) is 16.7. The summed E-state index contributed by atoms with van der Waals surface area (Å²) < 4.78 is 21.2. The summed E-state index contributed by atoms with van der Waals surface area (Å²) in [4.78, 5) is 24.2. The quantitative estimate of drug-likeness (QED) is 0.296. The van der Waals surface area contributed by atoms with Crippen molar-refractivity contribution in [3.8, 4) is 17.2 Å². The average Bonchev–Trinajstić information content (AvgIpc) is 3.24. The van der Waals surface area contributed by atoms with E-state index in [1.807, 2.05) is 18.2 Å². The van der Waals surface area contributed by atoms with Gasteiger partial charge < -0.3 is 18.9 Å². The average molecular weight is 413 g/mol. The van der Waals surface area contributed by atoms with Crippen molar-refractivity contribution in [1.82, 2.24) is 5.48 Å². The molecule has 0 spiro atoms. The van der Waals surface area contributed by atoms with E-state index in [-0.39, 0.29) is 6.42 Å². The first-order valence-electron chi connectivity index (χ1n) is 9.33. The van der Waals surface area contributed by atoms with Gasteiger partial charge in [0, 0.05) is 18.9 Å². The Kier molecular flexibility index (Phi) is 6.92. The van der Waals surface area contributed by atoms with Gasteiger partial charge in [0.2, 0.25) is 0 Å². The van der Waals surface area contributed by atoms with Gasteiger partial charge in [-0.05, 0) is 41.0 Å². The zero-order chi connectivity index (χ0) is 21.5. The lowest BCUT2D eigenvalue weighted by Gasteiger charge is -2.16. The number of hydrogen-bond donors (Lipinski definition) is 2. The number of rotatable bonds is 8. The monoisotopic (exact) mass is 413 g/mol. The third kappa shape index (κ3) is 5.09. The highest BCUT2D eigenvalue weighted by molar-refractivity contribution is 5.90. The Morgan fingerprint density at radius 3 is 2.70 bits per heavy atom. The summed E-state index contributed by atoms with van der Waals surface area (Å²) in [6, 6.07) is 10.7. The molecule has 0 bridgehead atoms. The fraction of sp³-hybridized carbons (Fsp3) is 0.273. The first kappa shape index (κ1) is 21.2. The second-order valence-corrected chi connectivity index (χ2v) is 6.59. The molecule has 2 aromatic carbocycles. The van der Waals surface area contributed by atoms with Crippen LogP contribution in [0.25, 0.3) is 6.08 Å². The maximum atomic E-state index is 12.2. The van der Waals surface area contributed by atoms with Gasteiger partial charge in [-0.15, -0.1) is 0 Å². The molecule has 1 aliphatic heterocycles. The number of methoxy groups -OCH3 is 2. The van der Waals surface area contributed by atoms with E-state index in [0.29, 0.717) is 23.7 Å². The lowest BCUT2D eigenvalue weighted by molar-refractivity contribution is -0.155. The summed E-state index contributed by atoms with van der Waals surface area (Å²) in [5.74, 6) is 0.255. The van der Waals surface area contributed by atoms with Gasteiger partial charge in [-0.2, -0.15) is 0 Å². The number of amides is 1. The fourth-order valence-electron chi connectivity index (χ4n) is 3.11. The SMILES string of the molecule is COc1ccc(CC(OC(=O)/C=C/c2ccc3c(c2)OCC3)C(=O)NO)cc1OC. The molecule has 8 nitrogen and oxygen atoms in total. The smallest absolute Gasteiger partial charge is 0.331 e. The van der Waals surface area contributed by atoms with Gasteiger partial charge in [-0.3, -0.25) is 10.0 Å². The minimum absolute atomic E-state index is 0.0407. The number of hydrogen-bond acceptors (Lipinski definition) is 7. The highest BCUT2D eigenvalue weighted by atomic mass is 16.6. The maximum Gasteiger partial charge on any atom is 0.331 e. The molecular weight excluding hydrogens is 390 g/mol. The molecule has 30 heavy (non-hydrogen) atoms. The van der Waals surface area contributed by atoms with Gasteiger partial charge in [0.25, 0.3) is 5.91 Å². The van der Waals surface area contributed by atoms with Gasteiger partial charge in [0.05, 0.1) is 20.8 Å². The van der Waals surface area contributed by atoms with E-state index in [0.717, 1.165) is 23.3 Å². The number of hydroxylamine groups is 1. The Hall–Kier alpha value is -3.52. The van der Waals surface area contributed by atoms with E-state index in [2.05, 4.69) is 0 Å². The standard InChI is InChI=1S/C22H23NO7/c1-27-17-7-4-15(12-19(17)28-2)13-20(22(25)23-26)30-21(24)8-5-14-3-6-16-9-10-29-18(16)11-14/h3-8,11-12,20,26H,9-10,13H2,1-2H3,(H,23,25)/b8-5+. The molecule has 0 fully saturated rings. The van der Waals surface area contributed by atoms with Crippen molar-refractivity contribution in [2.75, 3.05) is 20.8 Å². The summed E-state index contributed by atoms with van der Waals surface area (Å²) in [5, 5.41) is 9.01. The molecule has 8 heteroatoms. The lowest BCUT2D eigenvalue weighted by Crippen LogP contribution is -2.37. The van der Waals surface area contributed by atoms with E-state index in [1.165, 1.54) is 25.8 Å². The van der Waals surface area contributed by atoms with Crippen molar-refractivity contribution in [2.45, 2.75) is 18.9 Å². The molecule has 0 aliphatic carbocycles. The predicted octanol–water partition coefficient (Wildman–Crippen LogP) is 2.31. The van der Waals surface area contributed by atoms with Crippen LogP contribution >= 0.6 is 0 Å². The number of nitrogens with one attached hydrogen (secondary N) is 1. The Balaban J connectivity index is 1.68. The molecule has 3 rings (SSSR count). The summed E-state index contributed by atoms with van der Waals surface area (Å²) >= 11 is 0. The summed E-state index contributed by atoms with van der Waals surface area (Å²) in [7, 11) is 3.01. The lowest BCUT2D eigenvalue weighted by atomic mass is 10.1. The number of benzene rings is 2. The second-order valence-electron chi connectivity index (χ2n) is 6.59. The second kappa shape index (κ2) is 9.80. The van der Waals surface area contributed by atoms with Crippen LogP contribution in [0.4, 0.5) is 0 Å². The maximum absolute atomic E-state index is 12.2. The molecule has 158 valence electrons. The van der Waals surface area contributed by atoms with Gasteiger partial charge in [-0.1, -0.05) is 18.2 Å². The molecule has 0 radical (unpaired) electrons. The first-order chi connectivity index (χ1) is 14.5. The van der Waals surface area contributed by atoms with E-state index in [1.54, 1.807) is 24.3 Å². The number of ether oxygens (including phenoxy) is 4. The van der Waals surface area contributed by atoms with E-state index >= 15 is 0 Å². The molecule has 0 saturated heterocycles. The molecule has 2 N–H and O–H groups in total. The summed E-state index contributed by atoms with van der Waals surface area (Å²) in [5.41, 5.74) is 4.09. The Morgan fingerprint density at radius 1 is 1.17 bits per heavy atom. The minimum atomic E-state index is -1.23. The van der Waals surface area contributed by atoms with Crippen molar-refractivity contribution in [2.24, 2.45) is 0 Å². The van der Waals surface area contributed by atoms with Crippen LogP contribution in [0.5, 0.6) is 17.2 Å². The van der Waals surface area contributed by atoms with Crippen molar-refractivity contribution < 1.29 is 33.7 Å². The summed E-state index contributed by atoms with van der Waals surface area (Å²) in [6.45, 7) is 0.651. The van der Waals surface area contributed by atoms with Crippen molar-refractivity contribution in [1.29, 1.82) is 0 Å². The third-order valence-electron chi connectivity index (χ3n) is 4.66.